The van der Waals surface area contributed by atoms with E-state index < -0.39 is 5.91 Å². The molecule has 0 aromatic carbocycles. The molecule has 6 aliphatic rings. The number of hydrogen-bond acceptors (Lipinski definition) is 4. The summed E-state index contributed by atoms with van der Waals surface area (Å²) in [6, 6.07) is 8.33. The first-order valence-electron chi connectivity index (χ1n) is 8.71. The third-order valence-corrected chi connectivity index (χ3v) is 6.03. The Hall–Kier alpha value is -3.16. The predicted octanol–water partition coefficient (Wildman–Crippen LogP) is 0.169. The van der Waals surface area contributed by atoms with Crippen molar-refractivity contribution in [1.82, 2.24) is 9.13 Å². The fourth-order valence-electron chi connectivity index (χ4n) is 5.23. The zero-order valence-electron chi connectivity index (χ0n) is 13.2. The predicted molar refractivity (Wildman–Crippen MR) is 87.7 cm³/mol. The lowest BCUT2D eigenvalue weighted by Crippen LogP contribution is -2.71. The Labute approximate surface area is 140 Å². The van der Waals surface area contributed by atoms with Crippen LogP contribution in [0.1, 0.15) is 25.7 Å². The highest BCUT2D eigenvalue weighted by atomic mass is 15.7. The number of aliphatic imine (C=N–C) groups is 2. The van der Waals surface area contributed by atoms with Crippen LogP contribution in [-0.2, 0) is 5.91 Å². The summed E-state index contributed by atoms with van der Waals surface area (Å²) >= 11 is 0. The minimum Gasteiger partial charge on any atom is -0.193 e. The van der Waals surface area contributed by atoms with E-state index in [0.29, 0.717) is 0 Å². The van der Waals surface area contributed by atoms with Gasteiger partial charge in [0.15, 0.2) is 0 Å². The molecule has 0 amide bonds. The Kier molecular flexibility index (Phi) is 1.45. The van der Waals surface area contributed by atoms with E-state index >= 15 is 0 Å². The highest BCUT2D eigenvalue weighted by Crippen LogP contribution is 2.45. The summed E-state index contributed by atoms with van der Waals surface area (Å²) < 4.78 is 9.17. The molecule has 0 saturated heterocycles. The van der Waals surface area contributed by atoms with Gasteiger partial charge < -0.3 is 0 Å². The standard InChI is InChI=1S/C17H12N8/c1-2-10-19-12-5-6-14-21-16-8-7-15-20-13-4-3-11-18-9(1)22(10)17(23(11)13,24(12)14)25(15)16/h1-2,7-8H,3-6H2/q+2. The molecule has 8 rings (SSSR count). The molecule has 2 aromatic rings. The maximum Gasteiger partial charge on any atom is 0.403 e. The van der Waals surface area contributed by atoms with Crippen LogP contribution in [0.15, 0.2) is 44.2 Å². The first-order chi connectivity index (χ1) is 12.4. The molecule has 0 aliphatic carbocycles. The number of aromatic nitrogens is 2. The summed E-state index contributed by atoms with van der Waals surface area (Å²) in [6.07, 6.45) is 3.70. The Balaban J connectivity index is 1.75. The first kappa shape index (κ1) is 11.4. The van der Waals surface area contributed by atoms with E-state index in [-0.39, 0.29) is 0 Å². The minimum absolute atomic E-state index is 0.558. The van der Waals surface area contributed by atoms with Gasteiger partial charge in [0.2, 0.25) is 46.0 Å². The van der Waals surface area contributed by atoms with Crippen molar-refractivity contribution in [3.8, 4) is 0 Å². The maximum atomic E-state index is 4.93. The maximum absolute atomic E-state index is 4.93. The van der Waals surface area contributed by atoms with Crippen molar-refractivity contribution in [2.45, 2.75) is 31.6 Å². The van der Waals surface area contributed by atoms with Gasteiger partial charge in [-0.3, -0.25) is 0 Å². The van der Waals surface area contributed by atoms with Crippen LogP contribution < -0.4 is 11.0 Å². The summed E-state index contributed by atoms with van der Waals surface area (Å²) in [7, 11) is 0. The Bertz CT molecular complexity index is 1240. The van der Waals surface area contributed by atoms with Crippen molar-refractivity contribution in [3.05, 3.63) is 35.2 Å². The normalized spacial score (nSPS) is 24.5. The van der Waals surface area contributed by atoms with Gasteiger partial charge in [0.25, 0.3) is 0 Å². The zero-order valence-corrected chi connectivity index (χ0v) is 13.2. The van der Waals surface area contributed by atoms with Crippen LogP contribution in [-0.4, -0.2) is 41.6 Å². The van der Waals surface area contributed by atoms with Crippen molar-refractivity contribution >= 4 is 35.0 Å². The highest BCUT2D eigenvalue weighted by molar-refractivity contribution is 5.98. The molecule has 0 fully saturated rings. The number of amidine groups is 4. The van der Waals surface area contributed by atoms with Crippen LogP contribution in [0.3, 0.4) is 0 Å². The van der Waals surface area contributed by atoms with Crippen LogP contribution in [0, 0.1) is 0 Å². The average molecular weight is 328 g/mol. The lowest BCUT2D eigenvalue weighted by Gasteiger charge is -2.40. The van der Waals surface area contributed by atoms with E-state index in [4.69, 9.17) is 20.0 Å². The summed E-state index contributed by atoms with van der Waals surface area (Å²) in [4.78, 5) is 19.7. The van der Waals surface area contributed by atoms with Crippen molar-refractivity contribution in [2.24, 2.45) is 20.0 Å². The van der Waals surface area contributed by atoms with Crippen molar-refractivity contribution < 1.29 is 9.15 Å². The second-order valence-electron chi connectivity index (χ2n) is 7.15. The van der Waals surface area contributed by atoms with Crippen molar-refractivity contribution in [2.75, 3.05) is 0 Å². The lowest BCUT2D eigenvalue weighted by molar-refractivity contribution is -0.791. The molecule has 118 valence electrons. The van der Waals surface area contributed by atoms with Crippen molar-refractivity contribution in [3.63, 3.8) is 0 Å². The molecule has 0 saturated carbocycles. The molecule has 0 atom stereocenters. The number of hydrogen-bond donors (Lipinski definition) is 0. The van der Waals surface area contributed by atoms with Gasteiger partial charge >= 0.3 is 5.91 Å². The van der Waals surface area contributed by atoms with Gasteiger partial charge in [-0.2, -0.15) is 18.3 Å². The highest BCUT2D eigenvalue weighted by Gasteiger charge is 2.66. The Morgan fingerprint density at radius 1 is 0.680 bits per heavy atom. The van der Waals surface area contributed by atoms with E-state index in [2.05, 4.69) is 42.6 Å². The molecular formula is C17H12N8+2. The van der Waals surface area contributed by atoms with Gasteiger partial charge in [-0.15, -0.1) is 0 Å². The topological polar surface area (TPSA) is 65.3 Å². The van der Waals surface area contributed by atoms with E-state index in [1.54, 1.807) is 0 Å². The Morgan fingerprint density at radius 2 is 1.24 bits per heavy atom. The molecule has 25 heavy (non-hydrogen) atoms. The summed E-state index contributed by atoms with van der Waals surface area (Å²) in [5.74, 6) is 5.74. The van der Waals surface area contributed by atoms with E-state index in [1.165, 1.54) is 0 Å². The molecule has 0 radical (unpaired) electrons. The first-order valence-corrected chi connectivity index (χ1v) is 8.71. The minimum atomic E-state index is -0.558. The van der Waals surface area contributed by atoms with Gasteiger partial charge in [0, 0.05) is 49.9 Å². The molecule has 1 spiro atoms. The van der Waals surface area contributed by atoms with Crippen LogP contribution in [0.4, 0.5) is 11.6 Å². The van der Waals surface area contributed by atoms with Gasteiger partial charge in [-0.05, 0) is 0 Å². The van der Waals surface area contributed by atoms with Gasteiger partial charge in [0.1, 0.15) is 0 Å². The van der Waals surface area contributed by atoms with Gasteiger partial charge in [0.05, 0.1) is 0 Å². The monoisotopic (exact) mass is 328 g/mol. The molecule has 2 aromatic heterocycles. The fraction of sp³-hybridized carbons (Fsp3) is 0.294. The molecule has 0 N–H and O–H groups in total. The largest absolute Gasteiger partial charge is 0.403 e. The summed E-state index contributed by atoms with van der Waals surface area (Å²) in [5.41, 5.74) is 1.93. The number of nitrogens with zero attached hydrogens (tertiary/aromatic N) is 8. The number of rotatable bonds is 0. The third-order valence-electron chi connectivity index (χ3n) is 6.03. The summed E-state index contributed by atoms with van der Waals surface area (Å²) in [5, 5.41) is 0. The van der Waals surface area contributed by atoms with Gasteiger partial charge in [-0.25, -0.2) is 0 Å². The molecule has 0 bridgehead atoms. The lowest BCUT2D eigenvalue weighted by atomic mass is 10.3. The zero-order chi connectivity index (χ0) is 15.9. The molecule has 0 unspecified atom stereocenters. The van der Waals surface area contributed by atoms with Crippen LogP contribution in [0.5, 0.6) is 0 Å². The molecule has 8 heteroatoms. The van der Waals surface area contributed by atoms with Crippen LogP contribution >= 0.6 is 0 Å². The second-order valence-corrected chi connectivity index (χ2v) is 7.15. The van der Waals surface area contributed by atoms with E-state index in [9.17, 15) is 0 Å². The van der Waals surface area contributed by atoms with E-state index in [0.717, 1.165) is 71.6 Å². The van der Waals surface area contributed by atoms with Crippen LogP contribution in [0.2, 0.25) is 0 Å². The second kappa shape index (κ2) is 3.17. The molecule has 6 aliphatic heterocycles. The smallest absolute Gasteiger partial charge is 0.193 e. The third kappa shape index (κ3) is 0.937. The Morgan fingerprint density at radius 3 is 1.80 bits per heavy atom. The SMILES string of the molecule is c1cc2n3c1N=C1CCC4=[N+]1C31n3c(ccc3=NC3=[N+]1C(=N2)CC3)=N4. The average Bonchev–Trinajstić information content (AvgIpc) is 3.38. The molecular weight excluding hydrogens is 316 g/mol. The fourth-order valence-corrected chi connectivity index (χ4v) is 5.23. The quantitative estimate of drug-likeness (QED) is 0.619. The summed E-state index contributed by atoms with van der Waals surface area (Å²) in [6.45, 7) is 0. The van der Waals surface area contributed by atoms with Gasteiger partial charge in [-0.1, -0.05) is 20.0 Å². The molecule has 8 nitrogen and oxygen atoms in total. The molecule has 8 heterocycles. The van der Waals surface area contributed by atoms with Crippen molar-refractivity contribution in [1.29, 1.82) is 0 Å². The van der Waals surface area contributed by atoms with E-state index in [1.807, 2.05) is 0 Å². The van der Waals surface area contributed by atoms with Crippen LogP contribution in [0.25, 0.3) is 0 Å².